The highest BCUT2D eigenvalue weighted by Gasteiger charge is 2.11. The fourth-order valence-electron chi connectivity index (χ4n) is 1.84. The maximum Gasteiger partial charge on any atom is 0.126 e. The highest BCUT2D eigenvalue weighted by molar-refractivity contribution is 6.20. The SMILES string of the molecule is Cc1cccc(C(Cl)Cc2ccccc2F)c1. The summed E-state index contributed by atoms with van der Waals surface area (Å²) in [6.45, 7) is 2.02. The van der Waals surface area contributed by atoms with E-state index in [0.29, 0.717) is 12.0 Å². The van der Waals surface area contributed by atoms with E-state index < -0.39 is 0 Å². The van der Waals surface area contributed by atoms with Gasteiger partial charge in [-0.05, 0) is 30.5 Å². The Kier molecular flexibility index (Phi) is 3.80. The minimum atomic E-state index is -0.189. The number of aryl methyl sites for hydroxylation is 1. The van der Waals surface area contributed by atoms with Crippen LogP contribution in [0.1, 0.15) is 22.1 Å². The van der Waals surface area contributed by atoms with Gasteiger partial charge in [0.05, 0.1) is 5.38 Å². The molecular formula is C15H14ClF. The molecule has 0 saturated carbocycles. The molecule has 0 aromatic heterocycles. The first-order valence-corrected chi connectivity index (χ1v) is 6.04. The van der Waals surface area contributed by atoms with Gasteiger partial charge in [-0.25, -0.2) is 4.39 Å². The molecule has 0 bridgehead atoms. The predicted octanol–water partition coefficient (Wildman–Crippen LogP) is 4.66. The monoisotopic (exact) mass is 248 g/mol. The highest BCUT2D eigenvalue weighted by Crippen LogP contribution is 2.26. The minimum Gasteiger partial charge on any atom is -0.207 e. The maximum absolute atomic E-state index is 13.5. The van der Waals surface area contributed by atoms with Crippen molar-refractivity contribution >= 4 is 11.6 Å². The topological polar surface area (TPSA) is 0 Å². The van der Waals surface area contributed by atoms with Gasteiger partial charge in [0.25, 0.3) is 0 Å². The standard InChI is InChI=1S/C15H14ClF/c1-11-5-4-7-12(9-11)14(16)10-13-6-2-3-8-15(13)17/h2-9,14H,10H2,1H3. The first-order chi connectivity index (χ1) is 8.16. The summed E-state index contributed by atoms with van der Waals surface area (Å²) in [6, 6.07) is 14.8. The summed E-state index contributed by atoms with van der Waals surface area (Å²) in [4.78, 5) is 0. The molecule has 0 aliphatic rings. The van der Waals surface area contributed by atoms with Gasteiger partial charge in [-0.15, -0.1) is 11.6 Å². The largest absolute Gasteiger partial charge is 0.207 e. The predicted molar refractivity (Wildman–Crippen MR) is 69.9 cm³/mol. The van der Waals surface area contributed by atoms with E-state index >= 15 is 0 Å². The third kappa shape index (κ3) is 3.07. The zero-order chi connectivity index (χ0) is 12.3. The van der Waals surface area contributed by atoms with Crippen LogP contribution in [0.4, 0.5) is 4.39 Å². The van der Waals surface area contributed by atoms with Crippen LogP contribution in [0.3, 0.4) is 0 Å². The van der Waals surface area contributed by atoms with Gasteiger partial charge in [-0.3, -0.25) is 0 Å². The lowest BCUT2D eigenvalue weighted by Gasteiger charge is -2.11. The van der Waals surface area contributed by atoms with Gasteiger partial charge in [0.1, 0.15) is 5.82 Å². The van der Waals surface area contributed by atoms with E-state index in [2.05, 4.69) is 0 Å². The molecule has 2 heteroatoms. The lowest BCUT2D eigenvalue weighted by atomic mass is 10.0. The van der Waals surface area contributed by atoms with E-state index in [9.17, 15) is 4.39 Å². The Hall–Kier alpha value is -1.34. The Morgan fingerprint density at radius 2 is 1.88 bits per heavy atom. The van der Waals surface area contributed by atoms with E-state index in [1.165, 1.54) is 11.6 Å². The van der Waals surface area contributed by atoms with Gasteiger partial charge in [0.15, 0.2) is 0 Å². The molecule has 88 valence electrons. The van der Waals surface area contributed by atoms with Crippen LogP contribution in [-0.4, -0.2) is 0 Å². The van der Waals surface area contributed by atoms with E-state index in [4.69, 9.17) is 11.6 Å². The summed E-state index contributed by atoms with van der Waals surface area (Å²) in [5.41, 5.74) is 2.87. The first kappa shape index (κ1) is 12.1. The molecule has 0 aliphatic carbocycles. The molecule has 1 unspecified atom stereocenters. The number of halogens is 2. The molecule has 1 atom stereocenters. The Balaban J connectivity index is 2.17. The van der Waals surface area contributed by atoms with Crippen molar-refractivity contribution in [3.8, 4) is 0 Å². The number of hydrogen-bond donors (Lipinski definition) is 0. The van der Waals surface area contributed by atoms with Gasteiger partial charge in [0, 0.05) is 0 Å². The number of hydrogen-bond acceptors (Lipinski definition) is 0. The van der Waals surface area contributed by atoms with E-state index in [1.807, 2.05) is 37.3 Å². The molecule has 0 amide bonds. The summed E-state index contributed by atoms with van der Waals surface area (Å²) in [7, 11) is 0. The van der Waals surface area contributed by atoms with Crippen molar-refractivity contribution in [1.29, 1.82) is 0 Å². The van der Waals surface area contributed by atoms with Crippen LogP contribution in [0.15, 0.2) is 48.5 Å². The van der Waals surface area contributed by atoms with Crippen molar-refractivity contribution < 1.29 is 4.39 Å². The second-order valence-corrected chi connectivity index (χ2v) is 4.70. The van der Waals surface area contributed by atoms with E-state index in [1.54, 1.807) is 12.1 Å². The van der Waals surface area contributed by atoms with Crippen LogP contribution < -0.4 is 0 Å². The van der Waals surface area contributed by atoms with Gasteiger partial charge < -0.3 is 0 Å². The quantitative estimate of drug-likeness (QED) is 0.694. The molecule has 17 heavy (non-hydrogen) atoms. The van der Waals surface area contributed by atoms with Gasteiger partial charge in [-0.1, -0.05) is 48.0 Å². The normalized spacial score (nSPS) is 12.4. The Bertz CT molecular complexity index is 508. The molecular weight excluding hydrogens is 235 g/mol. The molecule has 0 nitrogen and oxygen atoms in total. The zero-order valence-electron chi connectivity index (χ0n) is 9.66. The van der Waals surface area contributed by atoms with Gasteiger partial charge in [-0.2, -0.15) is 0 Å². The van der Waals surface area contributed by atoms with Crippen LogP contribution in [0.25, 0.3) is 0 Å². The molecule has 2 aromatic carbocycles. The van der Waals surface area contributed by atoms with Crippen molar-refractivity contribution in [2.24, 2.45) is 0 Å². The second kappa shape index (κ2) is 5.33. The van der Waals surface area contributed by atoms with Gasteiger partial charge in [0.2, 0.25) is 0 Å². The lowest BCUT2D eigenvalue weighted by Crippen LogP contribution is -1.98. The smallest absolute Gasteiger partial charge is 0.126 e. The molecule has 0 radical (unpaired) electrons. The average Bonchev–Trinajstić information content (AvgIpc) is 2.32. The number of rotatable bonds is 3. The molecule has 0 aliphatic heterocycles. The molecule has 2 rings (SSSR count). The molecule has 0 N–H and O–H groups in total. The fraction of sp³-hybridized carbons (Fsp3) is 0.200. The van der Waals surface area contributed by atoms with Crippen LogP contribution in [0.5, 0.6) is 0 Å². The number of alkyl halides is 1. The average molecular weight is 249 g/mol. The maximum atomic E-state index is 13.5. The zero-order valence-corrected chi connectivity index (χ0v) is 10.4. The van der Waals surface area contributed by atoms with Crippen molar-refractivity contribution in [2.45, 2.75) is 18.7 Å². The molecule has 0 saturated heterocycles. The van der Waals surface area contributed by atoms with Crippen molar-refractivity contribution in [3.63, 3.8) is 0 Å². The summed E-state index contributed by atoms with van der Waals surface area (Å²) < 4.78 is 13.5. The van der Waals surface area contributed by atoms with E-state index in [0.717, 1.165) is 5.56 Å². The Labute approximate surface area is 106 Å². The minimum absolute atomic E-state index is 0.188. The number of benzene rings is 2. The van der Waals surface area contributed by atoms with Crippen LogP contribution in [0, 0.1) is 12.7 Å². The Morgan fingerprint density at radius 1 is 1.12 bits per heavy atom. The van der Waals surface area contributed by atoms with Crippen LogP contribution in [-0.2, 0) is 6.42 Å². The summed E-state index contributed by atoms with van der Waals surface area (Å²) in [5, 5.41) is -0.188. The lowest BCUT2D eigenvalue weighted by molar-refractivity contribution is 0.607. The van der Waals surface area contributed by atoms with E-state index in [-0.39, 0.29) is 11.2 Å². The second-order valence-electron chi connectivity index (χ2n) is 4.18. The summed E-state index contributed by atoms with van der Waals surface area (Å²) >= 11 is 6.32. The molecule has 2 aromatic rings. The van der Waals surface area contributed by atoms with Crippen LogP contribution in [0.2, 0.25) is 0 Å². The summed E-state index contributed by atoms with van der Waals surface area (Å²) in [6.07, 6.45) is 0.512. The third-order valence-corrected chi connectivity index (χ3v) is 3.17. The molecule has 0 fully saturated rings. The third-order valence-electron chi connectivity index (χ3n) is 2.76. The van der Waals surface area contributed by atoms with Gasteiger partial charge >= 0.3 is 0 Å². The van der Waals surface area contributed by atoms with Crippen LogP contribution >= 0.6 is 11.6 Å². The Morgan fingerprint density at radius 3 is 2.59 bits per heavy atom. The molecule has 0 spiro atoms. The molecule has 0 heterocycles. The van der Waals surface area contributed by atoms with Crippen molar-refractivity contribution in [2.75, 3.05) is 0 Å². The first-order valence-electron chi connectivity index (χ1n) is 5.61. The fourth-order valence-corrected chi connectivity index (χ4v) is 2.14. The summed E-state index contributed by atoms with van der Waals surface area (Å²) in [5.74, 6) is -0.189. The van der Waals surface area contributed by atoms with Crippen molar-refractivity contribution in [1.82, 2.24) is 0 Å². The van der Waals surface area contributed by atoms with Crippen molar-refractivity contribution in [3.05, 3.63) is 71.0 Å². The highest BCUT2D eigenvalue weighted by atomic mass is 35.5.